The Balaban J connectivity index is 2.63. The van der Waals surface area contributed by atoms with Crippen LogP contribution in [0.3, 0.4) is 0 Å². The van der Waals surface area contributed by atoms with Crippen LogP contribution >= 0.6 is 15.9 Å². The van der Waals surface area contributed by atoms with Gasteiger partial charge in [0.1, 0.15) is 6.10 Å². The van der Waals surface area contributed by atoms with Crippen LogP contribution in [0.1, 0.15) is 55.4 Å². The zero-order valence-electron chi connectivity index (χ0n) is 23.6. The zero-order valence-corrected chi connectivity index (χ0v) is 27.2. The molecule has 0 saturated heterocycles. The Kier molecular flexibility index (Phi) is 9.11. The zero-order chi connectivity index (χ0) is 26.4. The number of fused-ring (bicyclic) bond motifs is 1. The van der Waals surface area contributed by atoms with E-state index >= 15 is 0 Å². The van der Waals surface area contributed by atoms with Crippen LogP contribution in [-0.4, -0.2) is 40.1 Å². The monoisotopic (exact) mass is 568 g/mol. The summed E-state index contributed by atoms with van der Waals surface area (Å²) >= 11 is 3.83. The Labute approximate surface area is 220 Å². The van der Waals surface area contributed by atoms with E-state index in [-0.39, 0.29) is 51.9 Å². The molecule has 2 aliphatic carbocycles. The summed E-state index contributed by atoms with van der Waals surface area (Å²) in [5.41, 5.74) is 0. The van der Waals surface area contributed by atoms with Gasteiger partial charge in [-0.2, -0.15) is 0 Å². The van der Waals surface area contributed by atoms with Gasteiger partial charge in [-0.1, -0.05) is 82.5 Å². The van der Waals surface area contributed by atoms with E-state index in [1.54, 1.807) is 6.92 Å². The predicted molar refractivity (Wildman–Crippen MR) is 154 cm³/mol. The van der Waals surface area contributed by atoms with Gasteiger partial charge in [0.2, 0.25) is 0 Å². The maximum absolute atomic E-state index is 11.0. The first-order valence-electron chi connectivity index (χ1n) is 12.8. The molecule has 0 aromatic heterocycles. The lowest BCUT2D eigenvalue weighted by Gasteiger charge is -2.45. The third-order valence-corrected chi connectivity index (χ3v) is 18.9. The molecule has 0 aromatic carbocycles. The molecular weight excluding hydrogens is 520 g/mol. The number of halogens is 1. The first-order valence-corrected chi connectivity index (χ1v) is 19.4. The highest BCUT2D eigenvalue weighted by molar-refractivity contribution is 9.11. The van der Waals surface area contributed by atoms with Gasteiger partial charge in [0.25, 0.3) is 0 Å². The highest BCUT2D eigenvalue weighted by Gasteiger charge is 2.59. The minimum atomic E-state index is -2.04. The van der Waals surface area contributed by atoms with Crippen LogP contribution in [0.4, 0.5) is 0 Å². The molecule has 194 valence electrons. The molecule has 0 amide bonds. The Hall–Kier alpha value is -0.166. The second-order valence-electron chi connectivity index (χ2n) is 13.4. The van der Waals surface area contributed by atoms with Crippen LogP contribution in [0, 0.1) is 41.4 Å². The summed E-state index contributed by atoms with van der Waals surface area (Å²) in [6, 6.07) is 0. The van der Waals surface area contributed by atoms with E-state index in [0.29, 0.717) is 0 Å². The van der Waals surface area contributed by atoms with E-state index < -0.39 is 22.7 Å². The van der Waals surface area contributed by atoms with Crippen LogP contribution in [0.5, 0.6) is 0 Å². The van der Waals surface area contributed by atoms with Crippen LogP contribution in [-0.2, 0) is 8.85 Å². The number of aliphatic hydroxyl groups excluding tert-OH is 1. The molecule has 1 saturated carbocycles. The van der Waals surface area contributed by atoms with E-state index in [4.69, 9.17) is 8.85 Å². The SMILES string of the molecule is C=C[C@H]1[C@H]([C@H](O)C#CC)C(Br)=C[C@@H]2[C@@H](O[Si](C)(C)C(C)(C)C)[C@H](C)[C@@H](O[Si](C)(C)C(C)(C)C)[C@@H]21. The lowest BCUT2D eigenvalue weighted by Crippen LogP contribution is -2.49. The summed E-state index contributed by atoms with van der Waals surface area (Å²) in [7, 11) is -4.04. The second kappa shape index (κ2) is 10.3. The standard InChI is InChI=1S/C28H49BrO3Si2/c1-14-16-22(30)24-19(15-2)23-20(17-21(24)29)25(31-33(10,11)27(4,5)6)18(3)26(23)32-34(12,13)28(7,8)9/h15,17-20,22-26,30H,2H2,1,3-13H3/t18-,19+,20-,22+,23+,24-,25-,26+/m0/s1. The average molecular weight is 570 g/mol. The summed E-state index contributed by atoms with van der Waals surface area (Å²) in [6.45, 7) is 31.5. The Morgan fingerprint density at radius 1 is 1.03 bits per heavy atom. The Morgan fingerprint density at radius 3 is 1.91 bits per heavy atom. The number of rotatable bonds is 6. The molecular formula is C28H49BrO3Si2. The van der Waals surface area contributed by atoms with Crippen molar-refractivity contribution in [3.63, 3.8) is 0 Å². The summed E-state index contributed by atoms with van der Waals surface area (Å²) in [5, 5.41) is 11.2. The minimum Gasteiger partial charge on any atom is -0.413 e. The lowest BCUT2D eigenvalue weighted by molar-refractivity contribution is 0.0456. The smallest absolute Gasteiger partial charge is 0.192 e. The van der Waals surface area contributed by atoms with Crippen molar-refractivity contribution in [1.29, 1.82) is 0 Å². The second-order valence-corrected chi connectivity index (χ2v) is 23.9. The van der Waals surface area contributed by atoms with Crippen molar-refractivity contribution in [2.75, 3.05) is 0 Å². The van der Waals surface area contributed by atoms with E-state index in [2.05, 4.69) is 115 Å². The molecule has 0 heterocycles. The van der Waals surface area contributed by atoms with Crippen molar-refractivity contribution in [3.05, 3.63) is 23.2 Å². The van der Waals surface area contributed by atoms with Crippen molar-refractivity contribution in [2.24, 2.45) is 29.6 Å². The largest absolute Gasteiger partial charge is 0.413 e. The summed E-state index contributed by atoms with van der Waals surface area (Å²) < 4.78 is 15.4. The summed E-state index contributed by atoms with van der Waals surface area (Å²) in [5.74, 6) is 6.43. The third kappa shape index (κ3) is 5.71. The van der Waals surface area contributed by atoms with Crippen molar-refractivity contribution in [2.45, 2.75) is 110 Å². The first kappa shape index (κ1) is 30.1. The lowest BCUT2D eigenvalue weighted by atomic mass is 9.69. The highest BCUT2D eigenvalue weighted by atomic mass is 79.9. The molecule has 0 radical (unpaired) electrons. The quantitative estimate of drug-likeness (QED) is 0.202. The molecule has 0 unspecified atom stereocenters. The van der Waals surface area contributed by atoms with Crippen LogP contribution in [0.15, 0.2) is 23.2 Å². The van der Waals surface area contributed by atoms with Crippen molar-refractivity contribution < 1.29 is 14.0 Å². The maximum Gasteiger partial charge on any atom is 0.192 e. The molecule has 1 N–H and O–H groups in total. The number of hydrogen-bond donors (Lipinski definition) is 1. The molecule has 0 aliphatic heterocycles. The van der Waals surface area contributed by atoms with Crippen LogP contribution in [0.25, 0.3) is 0 Å². The molecule has 0 bridgehead atoms. The molecule has 2 rings (SSSR count). The van der Waals surface area contributed by atoms with Gasteiger partial charge < -0.3 is 14.0 Å². The fourth-order valence-electron chi connectivity index (χ4n) is 5.03. The van der Waals surface area contributed by atoms with Crippen LogP contribution < -0.4 is 0 Å². The van der Waals surface area contributed by atoms with Crippen molar-refractivity contribution in [3.8, 4) is 11.8 Å². The van der Waals surface area contributed by atoms with Gasteiger partial charge in [-0.15, -0.1) is 12.5 Å². The number of aliphatic hydroxyl groups is 1. The molecule has 0 aromatic rings. The number of allylic oxidation sites excluding steroid dienone is 1. The molecule has 6 heteroatoms. The fraction of sp³-hybridized carbons (Fsp3) is 0.786. The van der Waals surface area contributed by atoms with E-state index in [1.807, 2.05) is 6.08 Å². The Bertz CT molecular complexity index is 840. The molecule has 3 nitrogen and oxygen atoms in total. The van der Waals surface area contributed by atoms with E-state index in [0.717, 1.165) is 4.48 Å². The summed E-state index contributed by atoms with van der Waals surface area (Å²) in [6.07, 6.45) is 3.71. The molecule has 34 heavy (non-hydrogen) atoms. The molecule has 1 fully saturated rings. The number of hydrogen-bond acceptors (Lipinski definition) is 3. The third-order valence-electron chi connectivity index (χ3n) is 9.15. The van der Waals surface area contributed by atoms with Gasteiger partial charge in [-0.05, 0) is 59.5 Å². The van der Waals surface area contributed by atoms with Gasteiger partial charge in [0, 0.05) is 17.8 Å². The molecule has 2 aliphatic rings. The fourth-order valence-corrected chi connectivity index (χ4v) is 8.71. The Morgan fingerprint density at radius 2 is 1.50 bits per heavy atom. The van der Waals surface area contributed by atoms with E-state index in [1.165, 1.54) is 0 Å². The van der Waals surface area contributed by atoms with Crippen LogP contribution in [0.2, 0.25) is 36.3 Å². The van der Waals surface area contributed by atoms with E-state index in [9.17, 15) is 5.11 Å². The van der Waals surface area contributed by atoms with Crippen molar-refractivity contribution in [1.82, 2.24) is 0 Å². The predicted octanol–water partition coefficient (Wildman–Crippen LogP) is 7.74. The normalized spacial score (nSPS) is 33.5. The van der Waals surface area contributed by atoms with Gasteiger partial charge in [-0.3, -0.25) is 0 Å². The van der Waals surface area contributed by atoms with Gasteiger partial charge in [-0.25, -0.2) is 0 Å². The minimum absolute atomic E-state index is 0.0461. The first-order chi connectivity index (χ1) is 15.3. The van der Waals surface area contributed by atoms with Crippen molar-refractivity contribution >= 4 is 32.6 Å². The van der Waals surface area contributed by atoms with Gasteiger partial charge >= 0.3 is 0 Å². The average Bonchev–Trinajstić information content (AvgIpc) is 2.90. The van der Waals surface area contributed by atoms with Gasteiger partial charge in [0.05, 0.1) is 12.2 Å². The van der Waals surface area contributed by atoms with Gasteiger partial charge in [0.15, 0.2) is 16.6 Å². The topological polar surface area (TPSA) is 38.7 Å². The summed E-state index contributed by atoms with van der Waals surface area (Å²) in [4.78, 5) is 0. The molecule has 8 atom stereocenters. The molecule has 0 spiro atoms. The highest BCUT2D eigenvalue weighted by Crippen LogP contribution is 2.56. The maximum atomic E-state index is 11.0.